The summed E-state index contributed by atoms with van der Waals surface area (Å²) in [5.41, 5.74) is 1.45. The van der Waals surface area contributed by atoms with Crippen LogP contribution in [0.25, 0.3) is 0 Å². The number of para-hydroxylation sites is 1. The van der Waals surface area contributed by atoms with Gasteiger partial charge in [0.1, 0.15) is 5.69 Å². The van der Waals surface area contributed by atoms with Crippen molar-refractivity contribution in [3.05, 3.63) is 61.7 Å². The number of nitrogens with one attached hydrogen (secondary N) is 2. The molecule has 27 heavy (non-hydrogen) atoms. The van der Waals surface area contributed by atoms with E-state index in [1.54, 1.807) is 12.1 Å². The molecule has 7 nitrogen and oxygen atoms in total. The second kappa shape index (κ2) is 8.61. The van der Waals surface area contributed by atoms with Gasteiger partial charge in [-0.25, -0.2) is 0 Å². The quantitative estimate of drug-likeness (QED) is 0.289. The maximum Gasteiger partial charge on any atom is 0.293 e. The molecule has 0 atom stereocenters. The number of thiocarbonyl (C=S) groups is 1. The number of benzene rings is 2. The van der Waals surface area contributed by atoms with E-state index in [-0.39, 0.29) is 16.4 Å². The van der Waals surface area contributed by atoms with Gasteiger partial charge in [0.15, 0.2) is 5.11 Å². The van der Waals surface area contributed by atoms with Crippen molar-refractivity contribution >= 4 is 62.9 Å². The van der Waals surface area contributed by atoms with E-state index in [4.69, 9.17) is 12.2 Å². The van der Waals surface area contributed by atoms with Crippen LogP contribution in [0, 0.1) is 13.7 Å². The van der Waals surface area contributed by atoms with E-state index in [2.05, 4.69) is 33.2 Å². The Bertz CT molecular complexity index is 900. The van der Waals surface area contributed by atoms with Crippen LogP contribution in [-0.2, 0) is 0 Å². The minimum Gasteiger partial charge on any atom is -0.366 e. The first-order valence-corrected chi connectivity index (χ1v) is 9.84. The van der Waals surface area contributed by atoms with Gasteiger partial charge in [-0.05, 0) is 71.9 Å². The standard InChI is InChI=1S/C18H17IN4O3S/c19-13-5-1-2-6-14(13)20-18(27)21-17(24)12-7-8-15(16(11-12)23(25)26)22-9-3-4-10-22/h1-2,5-8,11H,3-4,9-10H2,(H2,20,21,24,27). The Hall–Kier alpha value is -2.27. The summed E-state index contributed by atoms with van der Waals surface area (Å²) in [6.07, 6.45) is 2.02. The molecule has 2 aromatic carbocycles. The van der Waals surface area contributed by atoms with Crippen molar-refractivity contribution in [3.8, 4) is 0 Å². The van der Waals surface area contributed by atoms with Crippen LogP contribution in [0.15, 0.2) is 42.5 Å². The van der Waals surface area contributed by atoms with Gasteiger partial charge in [-0.15, -0.1) is 0 Å². The average Bonchev–Trinajstić information content (AvgIpc) is 3.17. The SMILES string of the molecule is O=C(NC(=S)Nc1ccccc1I)c1ccc(N2CCCC2)c([N+](=O)[O-])c1. The van der Waals surface area contributed by atoms with E-state index in [0.29, 0.717) is 5.69 Å². The number of nitrogens with zero attached hydrogens (tertiary/aromatic N) is 2. The van der Waals surface area contributed by atoms with E-state index in [1.165, 1.54) is 6.07 Å². The summed E-state index contributed by atoms with van der Waals surface area (Å²) < 4.78 is 0.956. The number of anilines is 2. The first-order valence-electron chi connectivity index (χ1n) is 8.36. The topological polar surface area (TPSA) is 87.5 Å². The molecule has 1 fully saturated rings. The summed E-state index contributed by atoms with van der Waals surface area (Å²) in [6.45, 7) is 1.58. The van der Waals surface area contributed by atoms with Gasteiger partial charge < -0.3 is 10.2 Å². The monoisotopic (exact) mass is 496 g/mol. The molecule has 0 aromatic heterocycles. The normalized spacial score (nSPS) is 13.3. The number of amides is 1. The molecule has 0 radical (unpaired) electrons. The molecule has 1 aliphatic rings. The van der Waals surface area contributed by atoms with Crippen molar-refractivity contribution in [3.63, 3.8) is 0 Å². The van der Waals surface area contributed by atoms with Crippen LogP contribution in [0.3, 0.4) is 0 Å². The van der Waals surface area contributed by atoms with Gasteiger partial charge in [0.05, 0.1) is 10.6 Å². The van der Waals surface area contributed by atoms with E-state index in [9.17, 15) is 14.9 Å². The third-order valence-corrected chi connectivity index (χ3v) is 5.37. The fourth-order valence-electron chi connectivity index (χ4n) is 2.93. The van der Waals surface area contributed by atoms with Crippen LogP contribution in [0.4, 0.5) is 17.1 Å². The van der Waals surface area contributed by atoms with E-state index in [1.807, 2.05) is 29.2 Å². The summed E-state index contributed by atoms with van der Waals surface area (Å²) in [7, 11) is 0. The molecule has 1 amide bonds. The highest BCUT2D eigenvalue weighted by Crippen LogP contribution is 2.31. The minimum atomic E-state index is -0.491. The summed E-state index contributed by atoms with van der Waals surface area (Å²) in [6, 6.07) is 12.0. The lowest BCUT2D eigenvalue weighted by atomic mass is 10.1. The fourth-order valence-corrected chi connectivity index (χ4v) is 3.65. The molecule has 1 aliphatic heterocycles. The Morgan fingerprint density at radius 3 is 2.56 bits per heavy atom. The van der Waals surface area contributed by atoms with Gasteiger partial charge in [-0.3, -0.25) is 20.2 Å². The van der Waals surface area contributed by atoms with Crippen LogP contribution in [0.1, 0.15) is 23.2 Å². The van der Waals surface area contributed by atoms with Gasteiger partial charge in [-0.2, -0.15) is 0 Å². The first-order chi connectivity index (χ1) is 13.0. The highest BCUT2D eigenvalue weighted by atomic mass is 127. The zero-order chi connectivity index (χ0) is 19.4. The van der Waals surface area contributed by atoms with E-state index < -0.39 is 10.8 Å². The predicted molar refractivity (Wildman–Crippen MR) is 117 cm³/mol. The highest BCUT2D eigenvalue weighted by Gasteiger charge is 2.24. The molecule has 0 spiro atoms. The summed E-state index contributed by atoms with van der Waals surface area (Å²) in [5, 5.41) is 17.1. The Kier molecular flexibility index (Phi) is 6.22. The Labute approximate surface area is 175 Å². The second-order valence-corrected chi connectivity index (χ2v) is 7.61. The summed E-state index contributed by atoms with van der Waals surface area (Å²) >= 11 is 7.34. The third kappa shape index (κ3) is 4.72. The number of carbonyl (C=O) groups excluding carboxylic acids is 1. The number of nitro groups is 1. The number of nitro benzene ring substituents is 1. The Balaban J connectivity index is 1.74. The molecule has 2 aromatic rings. The maximum atomic E-state index is 12.5. The number of carbonyl (C=O) groups is 1. The van der Waals surface area contributed by atoms with E-state index >= 15 is 0 Å². The molecule has 1 saturated heterocycles. The molecule has 2 N–H and O–H groups in total. The molecule has 140 valence electrons. The number of rotatable bonds is 4. The largest absolute Gasteiger partial charge is 0.366 e. The summed E-state index contributed by atoms with van der Waals surface area (Å²) in [4.78, 5) is 25.4. The van der Waals surface area contributed by atoms with Gasteiger partial charge in [0, 0.05) is 28.3 Å². The average molecular weight is 496 g/mol. The minimum absolute atomic E-state index is 0.0685. The number of hydrogen-bond donors (Lipinski definition) is 2. The zero-order valence-corrected chi connectivity index (χ0v) is 17.2. The predicted octanol–water partition coefficient (Wildman–Crippen LogP) is 3.93. The lowest BCUT2D eigenvalue weighted by Gasteiger charge is -2.18. The number of hydrogen-bond acceptors (Lipinski definition) is 5. The van der Waals surface area contributed by atoms with E-state index in [0.717, 1.165) is 35.2 Å². The van der Waals surface area contributed by atoms with Crippen molar-refractivity contribution in [2.75, 3.05) is 23.3 Å². The molecular weight excluding hydrogens is 479 g/mol. The zero-order valence-electron chi connectivity index (χ0n) is 14.3. The Morgan fingerprint density at radius 2 is 1.89 bits per heavy atom. The first kappa shape index (κ1) is 19.5. The lowest BCUT2D eigenvalue weighted by molar-refractivity contribution is -0.384. The van der Waals surface area contributed by atoms with Crippen LogP contribution in [-0.4, -0.2) is 29.0 Å². The molecule has 0 unspecified atom stereocenters. The molecular formula is C18H17IN4O3S. The van der Waals surface area contributed by atoms with Crippen molar-refractivity contribution < 1.29 is 9.72 Å². The summed E-state index contributed by atoms with van der Waals surface area (Å²) in [5.74, 6) is -0.491. The van der Waals surface area contributed by atoms with Gasteiger partial charge in [0.2, 0.25) is 0 Å². The molecule has 9 heteroatoms. The maximum absolute atomic E-state index is 12.5. The van der Waals surface area contributed by atoms with Crippen molar-refractivity contribution in [2.45, 2.75) is 12.8 Å². The van der Waals surface area contributed by atoms with Crippen LogP contribution in [0.2, 0.25) is 0 Å². The highest BCUT2D eigenvalue weighted by molar-refractivity contribution is 14.1. The van der Waals surface area contributed by atoms with Gasteiger partial charge in [-0.1, -0.05) is 12.1 Å². The molecule has 1 heterocycles. The lowest BCUT2D eigenvalue weighted by Crippen LogP contribution is -2.34. The van der Waals surface area contributed by atoms with Gasteiger partial charge >= 0.3 is 0 Å². The van der Waals surface area contributed by atoms with Crippen LogP contribution in [0.5, 0.6) is 0 Å². The van der Waals surface area contributed by atoms with Crippen molar-refractivity contribution in [1.29, 1.82) is 0 Å². The second-order valence-electron chi connectivity index (χ2n) is 6.04. The van der Waals surface area contributed by atoms with Gasteiger partial charge in [0.25, 0.3) is 11.6 Å². The van der Waals surface area contributed by atoms with Crippen molar-refractivity contribution in [1.82, 2.24) is 5.32 Å². The molecule has 0 aliphatic carbocycles. The Morgan fingerprint density at radius 1 is 1.19 bits per heavy atom. The smallest absolute Gasteiger partial charge is 0.293 e. The van der Waals surface area contributed by atoms with Crippen molar-refractivity contribution in [2.24, 2.45) is 0 Å². The number of halogens is 1. The third-order valence-electron chi connectivity index (χ3n) is 4.23. The molecule has 3 rings (SSSR count). The fraction of sp³-hybridized carbons (Fsp3) is 0.222. The van der Waals surface area contributed by atoms with Crippen LogP contribution < -0.4 is 15.5 Å². The molecule has 0 bridgehead atoms. The molecule has 0 saturated carbocycles. The van der Waals surface area contributed by atoms with Crippen LogP contribution >= 0.6 is 34.8 Å².